The topological polar surface area (TPSA) is 237 Å². The van der Waals surface area contributed by atoms with Crippen LogP contribution in [0.3, 0.4) is 0 Å². The summed E-state index contributed by atoms with van der Waals surface area (Å²) in [6.45, 7) is 9.72. The van der Waals surface area contributed by atoms with Crippen molar-refractivity contribution >= 4 is 39.5 Å². The van der Waals surface area contributed by atoms with Crippen molar-refractivity contribution in [3.63, 3.8) is 0 Å². The van der Waals surface area contributed by atoms with Gasteiger partial charge in [-0.3, -0.25) is 37.3 Å². The fourth-order valence-electron chi connectivity index (χ4n) is 13.5. The third-order valence-corrected chi connectivity index (χ3v) is 23.1. The second kappa shape index (κ2) is 78.3. The Morgan fingerprint density at radius 3 is 0.670 bits per heavy atom. The Morgan fingerprint density at radius 2 is 0.453 bits per heavy atom. The molecule has 106 heavy (non-hydrogen) atoms. The van der Waals surface area contributed by atoms with Crippen LogP contribution in [0.15, 0.2) is 0 Å². The van der Waals surface area contributed by atoms with Crippen molar-refractivity contribution in [1.82, 2.24) is 0 Å². The molecule has 0 aliphatic carbocycles. The van der Waals surface area contributed by atoms with E-state index in [0.717, 1.165) is 108 Å². The molecule has 0 spiro atoms. The Balaban J connectivity index is 5.10. The lowest BCUT2D eigenvalue weighted by molar-refractivity contribution is -0.161. The normalized spacial score (nSPS) is 14.3. The van der Waals surface area contributed by atoms with Crippen LogP contribution in [0.2, 0.25) is 0 Å². The summed E-state index contributed by atoms with van der Waals surface area (Å²) in [5.41, 5.74) is 0. The van der Waals surface area contributed by atoms with E-state index in [9.17, 15) is 43.2 Å². The molecule has 4 unspecified atom stereocenters. The lowest BCUT2D eigenvalue weighted by Gasteiger charge is -2.21. The number of phosphoric acid groups is 2. The van der Waals surface area contributed by atoms with E-state index in [4.69, 9.17) is 37.0 Å². The standard InChI is InChI=1S/C87H170O17P2/c1-7-11-13-15-16-17-18-19-20-25-33-38-43-48-53-59-65-71-86(91)103-82(75-97-84(89)69-63-55-14-12-8-2)77-101-105(93,94)99-73-81(88)74-100-106(95,96)102-78-83(104-87(92)72-66-60-54-49-44-39-34-29-24-22-27-31-36-41-46-51-57-62-68-80(6)10-4)76-98-85(90)70-64-58-52-47-42-37-32-28-23-21-26-30-35-40-45-50-56-61-67-79(5)9-3/h79-83,88H,7-78H2,1-6H3,(H,93,94)(H,95,96)/t79?,80?,81-,82+,83+/m0/s1. The minimum absolute atomic E-state index is 0.108. The Labute approximate surface area is 651 Å². The van der Waals surface area contributed by atoms with Gasteiger partial charge in [0.1, 0.15) is 19.3 Å². The molecule has 3 N–H and O–H groups in total. The summed E-state index contributed by atoms with van der Waals surface area (Å²) < 4.78 is 68.7. The van der Waals surface area contributed by atoms with Gasteiger partial charge in [0.25, 0.3) is 0 Å². The molecule has 0 saturated carbocycles. The van der Waals surface area contributed by atoms with Gasteiger partial charge >= 0.3 is 39.5 Å². The average Bonchev–Trinajstić information content (AvgIpc) is 0.903. The summed E-state index contributed by atoms with van der Waals surface area (Å²) in [5, 5.41) is 10.6. The van der Waals surface area contributed by atoms with Gasteiger partial charge in [-0.25, -0.2) is 9.13 Å². The van der Waals surface area contributed by atoms with Crippen LogP contribution in [0.4, 0.5) is 0 Å². The van der Waals surface area contributed by atoms with E-state index >= 15 is 0 Å². The molecule has 0 rings (SSSR count). The van der Waals surface area contributed by atoms with Gasteiger partial charge in [0.05, 0.1) is 26.4 Å². The molecule has 0 amide bonds. The number of ether oxygens (including phenoxy) is 4. The Kier molecular flexibility index (Phi) is 76.9. The Bertz CT molecular complexity index is 2030. The first kappa shape index (κ1) is 104. The van der Waals surface area contributed by atoms with E-state index in [1.165, 1.54) is 276 Å². The van der Waals surface area contributed by atoms with Crippen molar-refractivity contribution in [2.24, 2.45) is 11.8 Å². The van der Waals surface area contributed by atoms with Crippen LogP contribution in [0.1, 0.15) is 465 Å². The monoisotopic (exact) mass is 1550 g/mol. The molecule has 630 valence electrons. The maximum Gasteiger partial charge on any atom is 0.472 e. The van der Waals surface area contributed by atoms with Gasteiger partial charge in [0, 0.05) is 25.7 Å². The second-order valence-electron chi connectivity index (χ2n) is 31.8. The molecule has 0 radical (unpaired) electrons. The SMILES string of the molecule is CCCCCCCCCCCCCCCCCCCC(=O)O[C@H](COC(=O)CCCCCCC)COP(=O)(O)OC[C@H](O)COP(=O)(O)OC[C@@H](COC(=O)CCCCCCCCCCCCCCCCCCCCC(C)CC)OC(=O)CCCCCCCCCCCCCCCCCCCCC(C)CC. The maximum atomic E-state index is 13.1. The highest BCUT2D eigenvalue weighted by Crippen LogP contribution is 2.45. The Hall–Kier alpha value is -1.94. The van der Waals surface area contributed by atoms with Crippen LogP contribution in [0, 0.1) is 11.8 Å². The first-order valence-electron chi connectivity index (χ1n) is 45.1. The zero-order valence-electron chi connectivity index (χ0n) is 69.7. The zero-order valence-corrected chi connectivity index (χ0v) is 71.5. The number of carbonyl (C=O) groups excluding carboxylic acids is 4. The van der Waals surface area contributed by atoms with Crippen molar-refractivity contribution in [2.75, 3.05) is 39.6 Å². The number of phosphoric ester groups is 2. The van der Waals surface area contributed by atoms with Gasteiger partial charge in [-0.2, -0.15) is 0 Å². The number of carbonyl (C=O) groups is 4. The molecule has 0 aliphatic rings. The molecule has 0 aliphatic heterocycles. The van der Waals surface area contributed by atoms with Crippen molar-refractivity contribution in [2.45, 2.75) is 484 Å². The lowest BCUT2D eigenvalue weighted by Crippen LogP contribution is -2.30. The summed E-state index contributed by atoms with van der Waals surface area (Å²) in [4.78, 5) is 72.9. The number of unbranched alkanes of at least 4 members (excludes halogenated alkanes) is 54. The number of aliphatic hydroxyl groups is 1. The van der Waals surface area contributed by atoms with Crippen molar-refractivity contribution in [3.05, 3.63) is 0 Å². The fraction of sp³-hybridized carbons (Fsp3) is 0.954. The maximum absolute atomic E-state index is 13.1. The van der Waals surface area contributed by atoms with Gasteiger partial charge < -0.3 is 33.8 Å². The van der Waals surface area contributed by atoms with Crippen LogP contribution >= 0.6 is 15.6 Å². The summed E-state index contributed by atoms with van der Waals surface area (Å²) >= 11 is 0. The first-order chi connectivity index (χ1) is 51.4. The van der Waals surface area contributed by atoms with E-state index in [1.54, 1.807) is 0 Å². The lowest BCUT2D eigenvalue weighted by atomic mass is 9.99. The smallest absolute Gasteiger partial charge is 0.462 e. The van der Waals surface area contributed by atoms with E-state index in [2.05, 4.69) is 41.5 Å². The van der Waals surface area contributed by atoms with Crippen LogP contribution in [-0.4, -0.2) is 96.7 Å². The molecule has 17 nitrogen and oxygen atoms in total. The summed E-state index contributed by atoms with van der Waals surface area (Å²) in [5.74, 6) is -0.368. The minimum atomic E-state index is -4.96. The number of aliphatic hydroxyl groups excluding tert-OH is 1. The molecule has 7 atom stereocenters. The molecule has 0 heterocycles. The van der Waals surface area contributed by atoms with Gasteiger partial charge in [-0.1, -0.05) is 414 Å². The molecule has 0 aromatic carbocycles. The third kappa shape index (κ3) is 77.4. The van der Waals surface area contributed by atoms with Crippen LogP contribution < -0.4 is 0 Å². The van der Waals surface area contributed by atoms with Gasteiger partial charge in [0.15, 0.2) is 12.2 Å². The average molecular weight is 1550 g/mol. The van der Waals surface area contributed by atoms with Crippen molar-refractivity contribution < 1.29 is 80.2 Å². The molecule has 0 aromatic heterocycles. The van der Waals surface area contributed by atoms with Crippen LogP contribution in [-0.2, 0) is 65.4 Å². The molecule has 0 bridgehead atoms. The molecule has 19 heteroatoms. The number of hydrogen-bond donors (Lipinski definition) is 3. The summed E-state index contributed by atoms with van der Waals surface area (Å²) in [6, 6.07) is 0. The van der Waals surface area contributed by atoms with Crippen molar-refractivity contribution in [1.29, 1.82) is 0 Å². The Morgan fingerprint density at radius 1 is 0.264 bits per heavy atom. The third-order valence-electron chi connectivity index (χ3n) is 21.2. The van der Waals surface area contributed by atoms with Crippen LogP contribution in [0.25, 0.3) is 0 Å². The highest BCUT2D eigenvalue weighted by molar-refractivity contribution is 7.47. The summed E-state index contributed by atoms with van der Waals surface area (Å²) in [7, 11) is -9.92. The highest BCUT2D eigenvalue weighted by atomic mass is 31.2. The van der Waals surface area contributed by atoms with E-state index < -0.39 is 97.5 Å². The van der Waals surface area contributed by atoms with Gasteiger partial charge in [-0.05, 0) is 37.5 Å². The largest absolute Gasteiger partial charge is 0.472 e. The van der Waals surface area contributed by atoms with E-state index in [1.807, 2.05) is 0 Å². The highest BCUT2D eigenvalue weighted by Gasteiger charge is 2.30. The molecule has 0 fully saturated rings. The van der Waals surface area contributed by atoms with Crippen LogP contribution in [0.5, 0.6) is 0 Å². The molecular formula is C87H170O17P2. The molecular weight excluding hydrogens is 1380 g/mol. The minimum Gasteiger partial charge on any atom is -0.462 e. The second-order valence-corrected chi connectivity index (χ2v) is 34.7. The van der Waals surface area contributed by atoms with Gasteiger partial charge in [0.2, 0.25) is 0 Å². The predicted molar refractivity (Wildman–Crippen MR) is 437 cm³/mol. The number of esters is 4. The zero-order chi connectivity index (χ0) is 77.8. The van der Waals surface area contributed by atoms with E-state index in [-0.39, 0.29) is 25.7 Å². The number of hydrogen-bond acceptors (Lipinski definition) is 15. The first-order valence-corrected chi connectivity index (χ1v) is 48.1. The molecule has 0 aromatic rings. The predicted octanol–water partition coefficient (Wildman–Crippen LogP) is 26.6. The summed E-state index contributed by atoms with van der Waals surface area (Å²) in [6.07, 6.45) is 71.3. The quantitative estimate of drug-likeness (QED) is 0.0222. The van der Waals surface area contributed by atoms with Crippen molar-refractivity contribution in [3.8, 4) is 0 Å². The fourth-order valence-corrected chi connectivity index (χ4v) is 15.1. The molecule has 0 saturated heterocycles. The van der Waals surface area contributed by atoms with Gasteiger partial charge in [-0.15, -0.1) is 0 Å². The van der Waals surface area contributed by atoms with E-state index in [0.29, 0.717) is 25.7 Å². The number of rotatable bonds is 86.